The third kappa shape index (κ3) is 4.37. The van der Waals surface area contributed by atoms with Gasteiger partial charge >= 0.3 is 6.03 Å². The highest BCUT2D eigenvalue weighted by molar-refractivity contribution is 7.22. The Balaban J connectivity index is 1.69. The molecule has 3 amide bonds. The second-order valence-corrected chi connectivity index (χ2v) is 6.88. The SMILES string of the molecule is CCC(=O)Nc1nc2c(C)cc(NC(=O)NCc3ccccc3)cc2s1. The zero-order valence-corrected chi connectivity index (χ0v) is 15.4. The van der Waals surface area contributed by atoms with Gasteiger partial charge in [-0.1, -0.05) is 48.6 Å². The lowest BCUT2D eigenvalue weighted by molar-refractivity contribution is -0.115. The Morgan fingerprint density at radius 1 is 1.12 bits per heavy atom. The van der Waals surface area contributed by atoms with Crippen molar-refractivity contribution >= 4 is 44.3 Å². The Labute approximate surface area is 155 Å². The van der Waals surface area contributed by atoms with Crippen molar-refractivity contribution in [1.29, 1.82) is 0 Å². The van der Waals surface area contributed by atoms with Crippen molar-refractivity contribution in [2.24, 2.45) is 0 Å². The lowest BCUT2D eigenvalue weighted by Gasteiger charge is -2.08. The predicted molar refractivity (Wildman–Crippen MR) is 106 cm³/mol. The second-order valence-electron chi connectivity index (χ2n) is 5.85. The molecule has 0 saturated carbocycles. The number of anilines is 2. The summed E-state index contributed by atoms with van der Waals surface area (Å²) in [5.41, 5.74) is 3.50. The van der Waals surface area contributed by atoms with Crippen molar-refractivity contribution in [2.75, 3.05) is 10.6 Å². The van der Waals surface area contributed by atoms with Gasteiger partial charge in [0.2, 0.25) is 5.91 Å². The van der Waals surface area contributed by atoms with Crippen LogP contribution < -0.4 is 16.0 Å². The van der Waals surface area contributed by atoms with Crippen molar-refractivity contribution < 1.29 is 9.59 Å². The highest BCUT2D eigenvalue weighted by Crippen LogP contribution is 2.31. The molecule has 3 N–H and O–H groups in total. The smallest absolute Gasteiger partial charge is 0.319 e. The Kier molecular flexibility index (Phi) is 5.48. The molecular formula is C19H20N4O2S. The van der Waals surface area contributed by atoms with Crippen molar-refractivity contribution in [1.82, 2.24) is 10.3 Å². The van der Waals surface area contributed by atoms with Gasteiger partial charge in [-0.25, -0.2) is 9.78 Å². The molecule has 0 atom stereocenters. The summed E-state index contributed by atoms with van der Waals surface area (Å²) in [6.45, 7) is 4.19. The first-order chi connectivity index (χ1) is 12.5. The highest BCUT2D eigenvalue weighted by atomic mass is 32.1. The summed E-state index contributed by atoms with van der Waals surface area (Å²) in [5, 5.41) is 9.03. The maximum absolute atomic E-state index is 12.1. The summed E-state index contributed by atoms with van der Waals surface area (Å²) in [6.07, 6.45) is 0.406. The average Bonchev–Trinajstić information content (AvgIpc) is 3.03. The van der Waals surface area contributed by atoms with Crippen LogP contribution in [0, 0.1) is 6.92 Å². The minimum Gasteiger partial charge on any atom is -0.334 e. The van der Waals surface area contributed by atoms with Gasteiger partial charge in [0.05, 0.1) is 10.2 Å². The number of nitrogens with zero attached hydrogens (tertiary/aromatic N) is 1. The number of aromatic nitrogens is 1. The number of carbonyl (C=O) groups is 2. The summed E-state index contributed by atoms with van der Waals surface area (Å²) in [7, 11) is 0. The van der Waals surface area contributed by atoms with E-state index in [4.69, 9.17) is 0 Å². The van der Waals surface area contributed by atoms with Crippen molar-refractivity contribution in [2.45, 2.75) is 26.8 Å². The van der Waals surface area contributed by atoms with E-state index in [9.17, 15) is 9.59 Å². The lowest BCUT2D eigenvalue weighted by atomic mass is 10.2. The van der Waals surface area contributed by atoms with E-state index in [1.54, 1.807) is 6.92 Å². The number of aryl methyl sites for hydroxylation is 1. The summed E-state index contributed by atoms with van der Waals surface area (Å²) >= 11 is 1.39. The number of hydrogen-bond donors (Lipinski definition) is 3. The first-order valence-corrected chi connectivity index (χ1v) is 9.16. The summed E-state index contributed by atoms with van der Waals surface area (Å²) < 4.78 is 0.912. The maximum Gasteiger partial charge on any atom is 0.319 e. The quantitative estimate of drug-likeness (QED) is 0.629. The number of benzene rings is 2. The van der Waals surface area contributed by atoms with Gasteiger partial charge in [-0.15, -0.1) is 0 Å². The van der Waals surface area contributed by atoms with Gasteiger partial charge < -0.3 is 16.0 Å². The fraction of sp³-hybridized carbons (Fsp3) is 0.211. The Morgan fingerprint density at radius 2 is 1.88 bits per heavy atom. The van der Waals surface area contributed by atoms with Crippen LogP contribution in [0.4, 0.5) is 15.6 Å². The van der Waals surface area contributed by atoms with E-state index in [-0.39, 0.29) is 11.9 Å². The van der Waals surface area contributed by atoms with E-state index >= 15 is 0 Å². The molecule has 3 rings (SSSR count). The van der Waals surface area contributed by atoms with Crippen molar-refractivity contribution in [3.8, 4) is 0 Å². The molecule has 1 heterocycles. The number of nitrogens with one attached hydrogen (secondary N) is 3. The first kappa shape index (κ1) is 17.9. The van der Waals surface area contributed by atoms with E-state index in [1.165, 1.54) is 11.3 Å². The van der Waals surface area contributed by atoms with Gasteiger partial charge in [0.25, 0.3) is 0 Å². The number of thiazole rings is 1. The number of hydrogen-bond acceptors (Lipinski definition) is 4. The van der Waals surface area contributed by atoms with Crippen LogP contribution in [0.25, 0.3) is 10.2 Å². The molecule has 6 nitrogen and oxygen atoms in total. The standard InChI is InChI=1S/C19H20N4O2S/c1-3-16(24)22-19-23-17-12(2)9-14(10-15(17)26-19)21-18(25)20-11-13-7-5-4-6-8-13/h4-10H,3,11H2,1-2H3,(H2,20,21,25)(H,22,23,24). The zero-order chi connectivity index (χ0) is 18.5. The van der Waals surface area contributed by atoms with E-state index < -0.39 is 0 Å². The molecule has 0 spiro atoms. The number of fused-ring (bicyclic) bond motifs is 1. The van der Waals surface area contributed by atoms with Gasteiger partial charge in [-0.2, -0.15) is 0 Å². The van der Waals surface area contributed by atoms with Crippen LogP contribution in [0.1, 0.15) is 24.5 Å². The van der Waals surface area contributed by atoms with Crippen LogP contribution in [0.3, 0.4) is 0 Å². The number of amides is 3. The van der Waals surface area contributed by atoms with Gasteiger partial charge in [-0.3, -0.25) is 4.79 Å². The third-order valence-corrected chi connectivity index (χ3v) is 4.72. The number of urea groups is 1. The maximum atomic E-state index is 12.1. The molecule has 134 valence electrons. The minimum atomic E-state index is -0.267. The molecule has 26 heavy (non-hydrogen) atoms. The van der Waals surface area contributed by atoms with Crippen LogP contribution in [0.5, 0.6) is 0 Å². The van der Waals surface area contributed by atoms with Gasteiger partial charge in [0.15, 0.2) is 5.13 Å². The molecule has 0 bridgehead atoms. The monoisotopic (exact) mass is 368 g/mol. The third-order valence-electron chi connectivity index (χ3n) is 3.81. The van der Waals surface area contributed by atoms with Gasteiger partial charge in [-0.05, 0) is 30.2 Å². The topological polar surface area (TPSA) is 83.1 Å². The molecule has 3 aromatic rings. The fourth-order valence-corrected chi connectivity index (χ4v) is 3.48. The molecule has 1 aromatic heterocycles. The van der Waals surface area contributed by atoms with Crippen LogP contribution in [0.15, 0.2) is 42.5 Å². The Morgan fingerprint density at radius 3 is 2.62 bits per heavy atom. The normalized spacial score (nSPS) is 10.5. The molecule has 0 saturated heterocycles. The zero-order valence-electron chi connectivity index (χ0n) is 14.6. The van der Waals surface area contributed by atoms with E-state index in [2.05, 4.69) is 20.9 Å². The predicted octanol–water partition coefficient (Wildman–Crippen LogP) is 4.27. The molecule has 0 aliphatic carbocycles. The molecule has 0 aliphatic heterocycles. The minimum absolute atomic E-state index is 0.0691. The second kappa shape index (κ2) is 7.97. The molecule has 2 aromatic carbocycles. The van der Waals surface area contributed by atoms with Crippen LogP contribution in [0.2, 0.25) is 0 Å². The van der Waals surface area contributed by atoms with Gasteiger partial charge in [0.1, 0.15) is 0 Å². The van der Waals surface area contributed by atoms with E-state index in [1.807, 2.05) is 49.4 Å². The Bertz CT molecular complexity index is 937. The Hall–Kier alpha value is -2.93. The van der Waals surface area contributed by atoms with Crippen molar-refractivity contribution in [3.05, 3.63) is 53.6 Å². The number of carbonyl (C=O) groups excluding carboxylic acids is 2. The molecular weight excluding hydrogens is 348 g/mol. The molecule has 7 heteroatoms. The average molecular weight is 368 g/mol. The van der Waals surface area contributed by atoms with E-state index in [0.717, 1.165) is 21.3 Å². The molecule has 0 fully saturated rings. The summed E-state index contributed by atoms with van der Waals surface area (Å²) in [5.74, 6) is -0.0691. The summed E-state index contributed by atoms with van der Waals surface area (Å²) in [4.78, 5) is 28.1. The molecule has 0 radical (unpaired) electrons. The highest BCUT2D eigenvalue weighted by Gasteiger charge is 2.11. The molecule has 0 unspecified atom stereocenters. The number of rotatable bonds is 5. The van der Waals surface area contributed by atoms with Gasteiger partial charge in [0, 0.05) is 18.7 Å². The van der Waals surface area contributed by atoms with Crippen molar-refractivity contribution in [3.63, 3.8) is 0 Å². The summed E-state index contributed by atoms with van der Waals surface area (Å²) in [6, 6.07) is 13.2. The fourth-order valence-electron chi connectivity index (χ4n) is 2.48. The van der Waals surface area contributed by atoms with E-state index in [0.29, 0.717) is 23.8 Å². The molecule has 0 aliphatic rings. The largest absolute Gasteiger partial charge is 0.334 e. The van der Waals surface area contributed by atoms with Crippen LogP contribution in [-0.2, 0) is 11.3 Å². The first-order valence-electron chi connectivity index (χ1n) is 8.35. The van der Waals surface area contributed by atoms with Crippen LogP contribution >= 0.6 is 11.3 Å². The lowest BCUT2D eigenvalue weighted by Crippen LogP contribution is -2.28. The van der Waals surface area contributed by atoms with Crippen LogP contribution in [-0.4, -0.2) is 16.9 Å².